The minimum absolute atomic E-state index is 0.107. The van der Waals surface area contributed by atoms with Crippen LogP contribution in [-0.2, 0) is 4.74 Å². The Morgan fingerprint density at radius 3 is 2.62 bits per heavy atom. The van der Waals surface area contributed by atoms with Crippen LogP contribution in [0.2, 0.25) is 0 Å². The molecule has 0 aliphatic carbocycles. The first kappa shape index (κ1) is 16.5. The summed E-state index contributed by atoms with van der Waals surface area (Å²) >= 11 is 0. The monoisotopic (exact) mass is 293 g/mol. The van der Waals surface area contributed by atoms with Crippen LogP contribution < -0.4 is 10.7 Å². The van der Waals surface area contributed by atoms with Crippen LogP contribution in [0.15, 0.2) is 29.4 Å². The maximum absolute atomic E-state index is 11.7. The standard InChI is InChI=1S/C14H19N3O4/c1-14(2,3)21-13(20)15-8-9-16-17-12(19)10-6-4-5-7-11(10)18/h4-7,9,18H,8H2,1-3H3,(H,15,20)(H,17,19)/b16-9+. The Morgan fingerprint density at radius 1 is 1.33 bits per heavy atom. The molecule has 0 aromatic heterocycles. The average molecular weight is 293 g/mol. The van der Waals surface area contributed by atoms with Crippen molar-refractivity contribution in [1.82, 2.24) is 10.7 Å². The summed E-state index contributed by atoms with van der Waals surface area (Å²) in [5.74, 6) is -0.668. The summed E-state index contributed by atoms with van der Waals surface area (Å²) in [7, 11) is 0. The van der Waals surface area contributed by atoms with Crippen molar-refractivity contribution >= 4 is 18.2 Å². The summed E-state index contributed by atoms with van der Waals surface area (Å²) in [4.78, 5) is 23.0. The summed E-state index contributed by atoms with van der Waals surface area (Å²) in [5, 5.41) is 15.6. The quantitative estimate of drug-likeness (QED) is 0.580. The highest BCUT2D eigenvalue weighted by Gasteiger charge is 2.15. The fourth-order valence-electron chi connectivity index (χ4n) is 1.32. The Balaban J connectivity index is 2.34. The molecule has 0 radical (unpaired) electrons. The van der Waals surface area contributed by atoms with Crippen molar-refractivity contribution in [2.45, 2.75) is 26.4 Å². The smallest absolute Gasteiger partial charge is 0.407 e. The van der Waals surface area contributed by atoms with E-state index in [0.29, 0.717) is 0 Å². The number of alkyl carbamates (subject to hydrolysis) is 1. The molecule has 0 aliphatic heterocycles. The van der Waals surface area contributed by atoms with Crippen LogP contribution in [0, 0.1) is 0 Å². The van der Waals surface area contributed by atoms with E-state index >= 15 is 0 Å². The van der Waals surface area contributed by atoms with Gasteiger partial charge in [-0.15, -0.1) is 0 Å². The SMILES string of the molecule is CC(C)(C)OC(=O)NC/C=N/NC(=O)c1ccccc1O. The molecular formula is C14H19N3O4. The van der Waals surface area contributed by atoms with Crippen LogP contribution in [0.1, 0.15) is 31.1 Å². The Kier molecular flexibility index (Phi) is 5.71. The number of phenols is 1. The maximum Gasteiger partial charge on any atom is 0.407 e. The lowest BCUT2D eigenvalue weighted by atomic mass is 10.2. The predicted molar refractivity (Wildman–Crippen MR) is 78.3 cm³/mol. The lowest BCUT2D eigenvalue weighted by Gasteiger charge is -2.19. The zero-order valence-corrected chi connectivity index (χ0v) is 12.2. The zero-order chi connectivity index (χ0) is 15.9. The number of hydrogen-bond donors (Lipinski definition) is 3. The summed E-state index contributed by atoms with van der Waals surface area (Å²) in [5.41, 5.74) is 1.79. The molecule has 2 amide bonds. The van der Waals surface area contributed by atoms with E-state index in [2.05, 4.69) is 15.8 Å². The highest BCUT2D eigenvalue weighted by molar-refractivity contribution is 5.96. The van der Waals surface area contributed by atoms with Gasteiger partial charge in [-0.2, -0.15) is 5.10 Å². The number of benzene rings is 1. The van der Waals surface area contributed by atoms with Gasteiger partial charge < -0.3 is 15.2 Å². The molecule has 0 aliphatic rings. The Bertz CT molecular complexity index is 535. The molecule has 0 heterocycles. The van der Waals surface area contributed by atoms with Crippen LogP contribution in [0.4, 0.5) is 4.79 Å². The zero-order valence-electron chi connectivity index (χ0n) is 12.2. The molecular weight excluding hydrogens is 274 g/mol. The minimum Gasteiger partial charge on any atom is -0.507 e. The summed E-state index contributed by atoms with van der Waals surface area (Å²) in [6, 6.07) is 6.12. The molecule has 114 valence electrons. The molecule has 3 N–H and O–H groups in total. The molecule has 7 nitrogen and oxygen atoms in total. The van der Waals surface area contributed by atoms with Crippen LogP contribution >= 0.6 is 0 Å². The molecule has 21 heavy (non-hydrogen) atoms. The second-order valence-corrected chi connectivity index (χ2v) is 5.15. The van der Waals surface area contributed by atoms with Crippen LogP contribution in [0.25, 0.3) is 0 Å². The van der Waals surface area contributed by atoms with Gasteiger partial charge in [-0.3, -0.25) is 4.79 Å². The number of carbonyl (C=O) groups excluding carboxylic acids is 2. The number of hydrazone groups is 1. The van der Waals surface area contributed by atoms with Crippen molar-refractivity contribution in [3.05, 3.63) is 29.8 Å². The highest BCUT2D eigenvalue weighted by Crippen LogP contribution is 2.14. The molecule has 0 atom stereocenters. The molecule has 7 heteroatoms. The third-order valence-corrected chi connectivity index (χ3v) is 2.14. The normalized spacial score (nSPS) is 11.2. The van der Waals surface area contributed by atoms with Gasteiger partial charge in [-0.1, -0.05) is 12.1 Å². The first-order valence-corrected chi connectivity index (χ1v) is 6.36. The van der Waals surface area contributed by atoms with E-state index in [1.54, 1.807) is 32.9 Å². The number of amides is 2. The number of nitrogens with one attached hydrogen (secondary N) is 2. The maximum atomic E-state index is 11.7. The molecule has 0 fully saturated rings. The van der Waals surface area contributed by atoms with E-state index in [9.17, 15) is 14.7 Å². The molecule has 0 saturated heterocycles. The third-order valence-electron chi connectivity index (χ3n) is 2.14. The van der Waals surface area contributed by atoms with Gasteiger partial charge in [-0.25, -0.2) is 10.2 Å². The van der Waals surface area contributed by atoms with Gasteiger partial charge in [0.1, 0.15) is 11.4 Å². The molecule has 0 saturated carbocycles. The molecule has 0 spiro atoms. The number of hydrogen-bond acceptors (Lipinski definition) is 5. The number of aromatic hydroxyl groups is 1. The Morgan fingerprint density at radius 2 is 2.00 bits per heavy atom. The number of para-hydroxylation sites is 1. The van der Waals surface area contributed by atoms with Gasteiger partial charge in [0.05, 0.1) is 12.1 Å². The lowest BCUT2D eigenvalue weighted by Crippen LogP contribution is -2.33. The lowest BCUT2D eigenvalue weighted by molar-refractivity contribution is 0.0536. The van der Waals surface area contributed by atoms with E-state index in [0.717, 1.165) is 0 Å². The Hall–Kier alpha value is -2.57. The number of carbonyl (C=O) groups is 2. The number of nitrogens with zero attached hydrogens (tertiary/aromatic N) is 1. The number of rotatable bonds is 4. The van der Waals surface area contributed by atoms with E-state index < -0.39 is 17.6 Å². The van der Waals surface area contributed by atoms with Gasteiger partial charge in [0.25, 0.3) is 5.91 Å². The fourth-order valence-corrected chi connectivity index (χ4v) is 1.32. The van der Waals surface area contributed by atoms with Gasteiger partial charge in [0, 0.05) is 6.21 Å². The van der Waals surface area contributed by atoms with Crippen molar-refractivity contribution in [1.29, 1.82) is 0 Å². The highest BCUT2D eigenvalue weighted by atomic mass is 16.6. The van der Waals surface area contributed by atoms with Crippen molar-refractivity contribution in [2.24, 2.45) is 5.10 Å². The van der Waals surface area contributed by atoms with Gasteiger partial charge in [0.2, 0.25) is 0 Å². The number of phenolic OH excluding ortho intramolecular Hbond substituents is 1. The molecule has 0 unspecified atom stereocenters. The summed E-state index contributed by atoms with van der Waals surface area (Å²) < 4.78 is 5.02. The van der Waals surface area contributed by atoms with Crippen molar-refractivity contribution in [2.75, 3.05) is 6.54 Å². The third kappa shape index (κ3) is 6.42. The second-order valence-electron chi connectivity index (χ2n) is 5.15. The minimum atomic E-state index is -0.569. The van der Waals surface area contributed by atoms with Crippen molar-refractivity contribution in [3.8, 4) is 5.75 Å². The average Bonchev–Trinajstić information content (AvgIpc) is 2.36. The topological polar surface area (TPSA) is 100 Å². The van der Waals surface area contributed by atoms with Gasteiger partial charge in [-0.05, 0) is 32.9 Å². The van der Waals surface area contributed by atoms with E-state index in [-0.39, 0.29) is 17.9 Å². The van der Waals surface area contributed by atoms with Crippen LogP contribution in [0.3, 0.4) is 0 Å². The Labute approximate surface area is 123 Å². The predicted octanol–water partition coefficient (Wildman–Crippen LogP) is 1.63. The van der Waals surface area contributed by atoms with E-state index in [4.69, 9.17) is 4.74 Å². The van der Waals surface area contributed by atoms with Gasteiger partial charge >= 0.3 is 6.09 Å². The second kappa shape index (κ2) is 7.28. The molecule has 1 aromatic rings. The van der Waals surface area contributed by atoms with Crippen molar-refractivity contribution < 1.29 is 19.4 Å². The first-order valence-electron chi connectivity index (χ1n) is 6.36. The summed E-state index contributed by atoms with van der Waals surface area (Å²) in [6.45, 7) is 5.38. The van der Waals surface area contributed by atoms with Crippen molar-refractivity contribution in [3.63, 3.8) is 0 Å². The first-order chi connectivity index (χ1) is 9.79. The summed E-state index contributed by atoms with van der Waals surface area (Å²) in [6.07, 6.45) is 0.739. The van der Waals surface area contributed by atoms with Gasteiger partial charge in [0.15, 0.2) is 0 Å². The van der Waals surface area contributed by atoms with E-state index in [1.807, 2.05) is 0 Å². The molecule has 1 aromatic carbocycles. The van der Waals surface area contributed by atoms with E-state index in [1.165, 1.54) is 18.3 Å². The molecule has 1 rings (SSSR count). The fraction of sp³-hybridized carbons (Fsp3) is 0.357. The van der Waals surface area contributed by atoms with Crippen LogP contribution in [0.5, 0.6) is 5.75 Å². The molecule has 0 bridgehead atoms. The largest absolute Gasteiger partial charge is 0.507 e. The number of ether oxygens (including phenoxy) is 1. The van der Waals surface area contributed by atoms with Crippen LogP contribution in [-0.4, -0.2) is 35.5 Å².